The van der Waals surface area contributed by atoms with Crippen LogP contribution in [0.25, 0.3) is 10.8 Å². The van der Waals surface area contributed by atoms with Crippen molar-refractivity contribution in [1.29, 1.82) is 0 Å². The Morgan fingerprint density at radius 3 is 2.76 bits per heavy atom. The molecule has 0 bridgehead atoms. The van der Waals surface area contributed by atoms with Crippen molar-refractivity contribution in [2.24, 2.45) is 0 Å². The molecule has 2 aromatic carbocycles. The summed E-state index contributed by atoms with van der Waals surface area (Å²) in [6.07, 6.45) is 4.45. The second kappa shape index (κ2) is 6.76. The van der Waals surface area contributed by atoms with Crippen LogP contribution in [0.3, 0.4) is 0 Å². The number of nitrogens with one attached hydrogen (secondary N) is 1. The van der Waals surface area contributed by atoms with E-state index in [-0.39, 0.29) is 0 Å². The van der Waals surface area contributed by atoms with Gasteiger partial charge in [0.25, 0.3) is 0 Å². The topological polar surface area (TPSA) is 68.8 Å². The molecule has 0 aliphatic rings. The maximum Gasteiger partial charge on any atom is 0.315 e. The van der Waals surface area contributed by atoms with Crippen LogP contribution >= 0.6 is 0 Å². The monoisotopic (exact) mass is 333 g/mol. The lowest BCUT2D eigenvalue weighted by Crippen LogP contribution is -1.98. The van der Waals surface area contributed by atoms with Crippen LogP contribution in [0, 0.1) is 0 Å². The Hall–Kier alpha value is -3.15. The third-order valence-corrected chi connectivity index (χ3v) is 4.09. The van der Waals surface area contributed by atoms with Crippen molar-refractivity contribution in [2.75, 3.05) is 5.32 Å². The van der Waals surface area contributed by atoms with E-state index in [4.69, 9.17) is 4.42 Å². The van der Waals surface area contributed by atoms with E-state index in [0.717, 1.165) is 17.7 Å². The number of benzene rings is 2. The highest BCUT2D eigenvalue weighted by Gasteiger charge is 2.08. The zero-order valence-corrected chi connectivity index (χ0v) is 14.0. The second-order valence-electron chi connectivity index (χ2n) is 5.92. The van der Waals surface area contributed by atoms with Gasteiger partial charge in [-0.05, 0) is 23.3 Å². The van der Waals surface area contributed by atoms with Crippen molar-refractivity contribution in [1.82, 2.24) is 20.0 Å². The molecule has 0 radical (unpaired) electrons. The molecule has 0 atom stereocenters. The van der Waals surface area contributed by atoms with E-state index in [0.29, 0.717) is 24.9 Å². The molecule has 0 aliphatic carbocycles. The highest BCUT2D eigenvalue weighted by molar-refractivity contribution is 5.83. The lowest BCUT2D eigenvalue weighted by molar-refractivity contribution is 0.516. The molecule has 2 aromatic heterocycles. The van der Waals surface area contributed by atoms with Gasteiger partial charge < -0.3 is 9.73 Å². The summed E-state index contributed by atoms with van der Waals surface area (Å²) in [5.74, 6) is 0.599. The molecule has 6 nitrogen and oxygen atoms in total. The molecule has 4 rings (SSSR count). The zero-order valence-electron chi connectivity index (χ0n) is 14.0. The maximum absolute atomic E-state index is 5.69. The SMILES string of the molecule is CCn1cc(CNc2nnc(Cc3ccc4ccccc4c3)o2)cn1. The Morgan fingerprint density at radius 1 is 1.04 bits per heavy atom. The second-order valence-corrected chi connectivity index (χ2v) is 5.92. The van der Waals surface area contributed by atoms with Gasteiger partial charge in [-0.2, -0.15) is 5.10 Å². The average Bonchev–Trinajstić information content (AvgIpc) is 3.29. The normalized spacial score (nSPS) is 11.1. The van der Waals surface area contributed by atoms with Gasteiger partial charge in [0.1, 0.15) is 0 Å². The lowest BCUT2D eigenvalue weighted by Gasteiger charge is -2.01. The number of anilines is 1. The third kappa shape index (κ3) is 3.52. The van der Waals surface area contributed by atoms with Crippen molar-refractivity contribution in [3.8, 4) is 0 Å². The Bertz CT molecular complexity index is 988. The van der Waals surface area contributed by atoms with Crippen LogP contribution in [0.15, 0.2) is 59.3 Å². The highest BCUT2D eigenvalue weighted by atomic mass is 16.4. The van der Waals surface area contributed by atoms with E-state index in [1.807, 2.05) is 29.2 Å². The number of aryl methyl sites for hydroxylation is 1. The van der Waals surface area contributed by atoms with Gasteiger partial charge in [-0.15, -0.1) is 5.10 Å². The van der Waals surface area contributed by atoms with Gasteiger partial charge in [-0.25, -0.2) is 0 Å². The van der Waals surface area contributed by atoms with Crippen LogP contribution in [0.4, 0.5) is 6.01 Å². The zero-order chi connectivity index (χ0) is 17.1. The molecular weight excluding hydrogens is 314 g/mol. The van der Waals surface area contributed by atoms with E-state index in [9.17, 15) is 0 Å². The minimum atomic E-state index is 0.431. The highest BCUT2D eigenvalue weighted by Crippen LogP contribution is 2.18. The summed E-state index contributed by atoms with van der Waals surface area (Å²) < 4.78 is 7.58. The summed E-state index contributed by atoms with van der Waals surface area (Å²) in [7, 11) is 0. The first-order valence-corrected chi connectivity index (χ1v) is 8.35. The Morgan fingerprint density at radius 2 is 1.92 bits per heavy atom. The first-order valence-electron chi connectivity index (χ1n) is 8.35. The van der Waals surface area contributed by atoms with Crippen molar-refractivity contribution in [3.05, 3.63) is 71.9 Å². The van der Waals surface area contributed by atoms with E-state index in [1.165, 1.54) is 10.8 Å². The Balaban J connectivity index is 1.41. The number of rotatable bonds is 6. The summed E-state index contributed by atoms with van der Waals surface area (Å²) in [5.41, 5.74) is 2.23. The molecule has 0 fully saturated rings. The number of hydrogen-bond donors (Lipinski definition) is 1. The number of nitrogens with zero attached hydrogens (tertiary/aromatic N) is 4. The molecule has 4 aromatic rings. The molecule has 0 unspecified atom stereocenters. The van der Waals surface area contributed by atoms with Gasteiger partial charge in [0, 0.05) is 24.8 Å². The fraction of sp³-hybridized carbons (Fsp3) is 0.211. The number of aromatic nitrogens is 4. The summed E-state index contributed by atoms with van der Waals surface area (Å²) in [6, 6.07) is 15.1. The predicted octanol–water partition coefficient (Wildman–Crippen LogP) is 3.64. The summed E-state index contributed by atoms with van der Waals surface area (Å²) >= 11 is 0. The van der Waals surface area contributed by atoms with Crippen molar-refractivity contribution in [2.45, 2.75) is 26.4 Å². The van der Waals surface area contributed by atoms with Gasteiger partial charge in [0.15, 0.2) is 0 Å². The molecule has 126 valence electrons. The largest absolute Gasteiger partial charge is 0.408 e. The standard InChI is InChI=1S/C19H19N5O/c1-2-24-13-15(12-21-24)11-20-19-23-22-18(25-19)10-14-7-8-16-5-3-4-6-17(16)9-14/h3-9,12-13H,2,10-11H2,1H3,(H,20,23). The van der Waals surface area contributed by atoms with Crippen LogP contribution in [0.1, 0.15) is 23.9 Å². The van der Waals surface area contributed by atoms with Crippen LogP contribution in [-0.4, -0.2) is 20.0 Å². The third-order valence-electron chi connectivity index (χ3n) is 4.09. The van der Waals surface area contributed by atoms with Crippen molar-refractivity contribution in [3.63, 3.8) is 0 Å². The quantitative estimate of drug-likeness (QED) is 0.583. The van der Waals surface area contributed by atoms with Crippen molar-refractivity contribution < 1.29 is 4.42 Å². The molecule has 0 amide bonds. The van der Waals surface area contributed by atoms with E-state index >= 15 is 0 Å². The van der Waals surface area contributed by atoms with Crippen LogP contribution < -0.4 is 5.32 Å². The molecular formula is C19H19N5O. The average molecular weight is 333 g/mol. The minimum Gasteiger partial charge on any atom is -0.408 e. The van der Waals surface area contributed by atoms with Gasteiger partial charge in [0.05, 0.1) is 12.6 Å². The molecule has 6 heteroatoms. The summed E-state index contributed by atoms with van der Waals surface area (Å²) in [6.45, 7) is 3.52. The van der Waals surface area contributed by atoms with Crippen LogP contribution in [0.5, 0.6) is 0 Å². The molecule has 0 saturated heterocycles. The number of hydrogen-bond acceptors (Lipinski definition) is 5. The molecule has 0 spiro atoms. The summed E-state index contributed by atoms with van der Waals surface area (Å²) in [4.78, 5) is 0. The lowest BCUT2D eigenvalue weighted by atomic mass is 10.1. The van der Waals surface area contributed by atoms with E-state index in [1.54, 1.807) is 0 Å². The van der Waals surface area contributed by atoms with Gasteiger partial charge in [0.2, 0.25) is 5.89 Å². The fourth-order valence-corrected chi connectivity index (χ4v) is 2.77. The van der Waals surface area contributed by atoms with Gasteiger partial charge >= 0.3 is 6.01 Å². The summed E-state index contributed by atoms with van der Waals surface area (Å²) in [5, 5.41) is 18.0. The molecule has 2 heterocycles. The molecule has 25 heavy (non-hydrogen) atoms. The molecule has 0 saturated carbocycles. The smallest absolute Gasteiger partial charge is 0.315 e. The maximum atomic E-state index is 5.69. The molecule has 0 aliphatic heterocycles. The minimum absolute atomic E-state index is 0.431. The van der Waals surface area contributed by atoms with Gasteiger partial charge in [-0.1, -0.05) is 47.6 Å². The van der Waals surface area contributed by atoms with E-state index < -0.39 is 0 Å². The first kappa shape index (κ1) is 15.4. The van der Waals surface area contributed by atoms with Crippen molar-refractivity contribution >= 4 is 16.8 Å². The van der Waals surface area contributed by atoms with Crippen LogP contribution in [-0.2, 0) is 19.5 Å². The Kier molecular flexibility index (Phi) is 4.16. The van der Waals surface area contributed by atoms with E-state index in [2.05, 4.69) is 57.9 Å². The number of fused-ring (bicyclic) bond motifs is 1. The van der Waals surface area contributed by atoms with Crippen LogP contribution in [0.2, 0.25) is 0 Å². The van der Waals surface area contributed by atoms with Gasteiger partial charge in [-0.3, -0.25) is 4.68 Å². The Labute approximate surface area is 145 Å². The predicted molar refractivity (Wildman–Crippen MR) is 96.3 cm³/mol. The fourth-order valence-electron chi connectivity index (χ4n) is 2.77. The molecule has 1 N–H and O–H groups in total. The first-order chi connectivity index (χ1) is 12.3.